The maximum absolute atomic E-state index is 6.05. The molecule has 2 unspecified atom stereocenters. The number of rotatable bonds is 5. The zero-order valence-electron chi connectivity index (χ0n) is 12.4. The highest BCUT2D eigenvalue weighted by Gasteiger charge is 2.23. The SMILES string of the molecule is CCCC1CCCN(C(CN)c2cncc(Br)c2)CC1. The van der Waals surface area contributed by atoms with E-state index in [1.165, 1.54) is 44.2 Å². The molecule has 1 aromatic heterocycles. The minimum absolute atomic E-state index is 0.306. The van der Waals surface area contributed by atoms with E-state index < -0.39 is 0 Å². The summed E-state index contributed by atoms with van der Waals surface area (Å²) in [6.45, 7) is 5.28. The Morgan fingerprint density at radius 2 is 2.25 bits per heavy atom. The van der Waals surface area contributed by atoms with Gasteiger partial charge >= 0.3 is 0 Å². The second kappa shape index (κ2) is 8.11. The monoisotopic (exact) mass is 339 g/mol. The summed E-state index contributed by atoms with van der Waals surface area (Å²) in [5.74, 6) is 0.907. The van der Waals surface area contributed by atoms with Gasteiger partial charge in [0, 0.05) is 29.5 Å². The fraction of sp³-hybridized carbons (Fsp3) is 0.688. The summed E-state index contributed by atoms with van der Waals surface area (Å²) in [7, 11) is 0. The molecule has 0 aliphatic carbocycles. The van der Waals surface area contributed by atoms with Crippen molar-refractivity contribution >= 4 is 15.9 Å². The molecule has 20 heavy (non-hydrogen) atoms. The smallest absolute Gasteiger partial charge is 0.0486 e. The second-order valence-corrected chi connectivity index (χ2v) is 6.73. The minimum Gasteiger partial charge on any atom is -0.329 e. The fourth-order valence-corrected chi connectivity index (χ4v) is 3.69. The van der Waals surface area contributed by atoms with E-state index in [0.717, 1.165) is 16.9 Å². The van der Waals surface area contributed by atoms with Crippen LogP contribution >= 0.6 is 15.9 Å². The van der Waals surface area contributed by atoms with E-state index in [0.29, 0.717) is 12.6 Å². The topological polar surface area (TPSA) is 42.1 Å². The molecular formula is C16H26BrN3. The molecule has 0 radical (unpaired) electrons. The number of pyridine rings is 1. The Hall–Kier alpha value is -0.450. The average molecular weight is 340 g/mol. The van der Waals surface area contributed by atoms with Crippen molar-refractivity contribution in [1.29, 1.82) is 0 Å². The van der Waals surface area contributed by atoms with Crippen LogP contribution in [0.15, 0.2) is 22.9 Å². The van der Waals surface area contributed by atoms with Crippen LogP contribution in [0.1, 0.15) is 50.6 Å². The molecular weight excluding hydrogens is 314 g/mol. The van der Waals surface area contributed by atoms with Gasteiger partial charge in [0.1, 0.15) is 0 Å². The Morgan fingerprint density at radius 1 is 1.40 bits per heavy atom. The summed E-state index contributed by atoms with van der Waals surface area (Å²) >= 11 is 3.51. The number of aromatic nitrogens is 1. The molecule has 2 heterocycles. The van der Waals surface area contributed by atoms with Gasteiger partial charge < -0.3 is 5.73 Å². The summed E-state index contributed by atoms with van der Waals surface area (Å²) in [4.78, 5) is 6.84. The Kier molecular flexibility index (Phi) is 6.46. The van der Waals surface area contributed by atoms with Gasteiger partial charge in [-0.15, -0.1) is 0 Å². The van der Waals surface area contributed by atoms with Crippen LogP contribution in [-0.2, 0) is 0 Å². The van der Waals surface area contributed by atoms with Crippen LogP contribution < -0.4 is 5.73 Å². The zero-order chi connectivity index (χ0) is 14.4. The first kappa shape index (κ1) is 15.9. The normalized spacial score (nSPS) is 22.4. The highest BCUT2D eigenvalue weighted by Crippen LogP contribution is 2.28. The molecule has 4 heteroatoms. The zero-order valence-corrected chi connectivity index (χ0v) is 14.0. The van der Waals surface area contributed by atoms with Gasteiger partial charge in [0.15, 0.2) is 0 Å². The summed E-state index contributed by atoms with van der Waals surface area (Å²) in [6.07, 6.45) is 10.4. The van der Waals surface area contributed by atoms with Crippen molar-refractivity contribution in [2.24, 2.45) is 11.7 Å². The largest absolute Gasteiger partial charge is 0.329 e. The molecule has 1 aromatic rings. The van der Waals surface area contributed by atoms with Gasteiger partial charge in [-0.3, -0.25) is 9.88 Å². The number of likely N-dealkylation sites (tertiary alicyclic amines) is 1. The van der Waals surface area contributed by atoms with Crippen LogP contribution in [-0.4, -0.2) is 29.5 Å². The maximum atomic E-state index is 6.05. The molecule has 2 atom stereocenters. The number of nitrogens with two attached hydrogens (primary N) is 1. The highest BCUT2D eigenvalue weighted by molar-refractivity contribution is 9.10. The quantitative estimate of drug-likeness (QED) is 0.888. The van der Waals surface area contributed by atoms with Gasteiger partial charge in [-0.1, -0.05) is 19.8 Å². The average Bonchev–Trinajstić information content (AvgIpc) is 2.66. The maximum Gasteiger partial charge on any atom is 0.0486 e. The van der Waals surface area contributed by atoms with Gasteiger partial charge in [-0.25, -0.2) is 0 Å². The van der Waals surface area contributed by atoms with Crippen molar-refractivity contribution in [3.05, 3.63) is 28.5 Å². The predicted molar refractivity (Wildman–Crippen MR) is 87.6 cm³/mol. The van der Waals surface area contributed by atoms with Crippen LogP contribution in [0.4, 0.5) is 0 Å². The number of halogens is 1. The van der Waals surface area contributed by atoms with Gasteiger partial charge in [-0.2, -0.15) is 0 Å². The van der Waals surface area contributed by atoms with Gasteiger partial charge in [0.25, 0.3) is 0 Å². The molecule has 0 saturated carbocycles. The van der Waals surface area contributed by atoms with Gasteiger partial charge in [-0.05, 0) is 65.8 Å². The van der Waals surface area contributed by atoms with Crippen LogP contribution in [0.5, 0.6) is 0 Å². The molecule has 1 fully saturated rings. The summed E-state index contributed by atoms with van der Waals surface area (Å²) < 4.78 is 1.03. The first-order valence-electron chi connectivity index (χ1n) is 7.79. The third kappa shape index (κ3) is 4.27. The Labute approximate surface area is 131 Å². The first-order chi connectivity index (χ1) is 9.74. The second-order valence-electron chi connectivity index (χ2n) is 5.81. The third-order valence-corrected chi connectivity index (χ3v) is 4.79. The Bertz CT molecular complexity index is 410. The van der Waals surface area contributed by atoms with Crippen molar-refractivity contribution in [1.82, 2.24) is 9.88 Å². The van der Waals surface area contributed by atoms with Crippen LogP contribution in [0.2, 0.25) is 0 Å². The lowest BCUT2D eigenvalue weighted by Crippen LogP contribution is -2.34. The van der Waals surface area contributed by atoms with E-state index >= 15 is 0 Å². The van der Waals surface area contributed by atoms with Crippen LogP contribution in [0.25, 0.3) is 0 Å². The van der Waals surface area contributed by atoms with Crippen molar-refractivity contribution in [2.75, 3.05) is 19.6 Å². The predicted octanol–water partition coefficient (Wildman–Crippen LogP) is 3.75. The van der Waals surface area contributed by atoms with Crippen molar-refractivity contribution in [3.8, 4) is 0 Å². The molecule has 0 amide bonds. The lowest BCUT2D eigenvalue weighted by atomic mass is 9.96. The fourth-order valence-electron chi connectivity index (χ4n) is 3.30. The molecule has 2 N–H and O–H groups in total. The van der Waals surface area contributed by atoms with Crippen LogP contribution in [0.3, 0.4) is 0 Å². The molecule has 2 rings (SSSR count). The van der Waals surface area contributed by atoms with Gasteiger partial charge in [0.2, 0.25) is 0 Å². The van der Waals surface area contributed by atoms with E-state index in [9.17, 15) is 0 Å². The van der Waals surface area contributed by atoms with Gasteiger partial charge in [0.05, 0.1) is 0 Å². The first-order valence-corrected chi connectivity index (χ1v) is 8.58. The molecule has 1 aliphatic heterocycles. The Balaban J connectivity index is 2.04. The van der Waals surface area contributed by atoms with E-state index in [1.54, 1.807) is 0 Å². The van der Waals surface area contributed by atoms with E-state index in [4.69, 9.17) is 5.73 Å². The van der Waals surface area contributed by atoms with E-state index in [1.807, 2.05) is 12.4 Å². The standard InChI is InChI=1S/C16H26BrN3/c1-2-4-13-5-3-7-20(8-6-13)16(10-18)14-9-15(17)12-19-11-14/h9,11-13,16H,2-8,10,18H2,1H3. The Morgan fingerprint density at radius 3 is 2.95 bits per heavy atom. The molecule has 112 valence electrons. The van der Waals surface area contributed by atoms with Crippen molar-refractivity contribution < 1.29 is 0 Å². The molecule has 0 bridgehead atoms. The lowest BCUT2D eigenvalue weighted by molar-refractivity contribution is 0.206. The summed E-state index contributed by atoms with van der Waals surface area (Å²) in [6, 6.07) is 2.46. The lowest BCUT2D eigenvalue weighted by Gasteiger charge is -2.30. The molecule has 3 nitrogen and oxygen atoms in total. The van der Waals surface area contributed by atoms with E-state index in [-0.39, 0.29) is 0 Å². The number of nitrogens with zero attached hydrogens (tertiary/aromatic N) is 2. The molecule has 1 aliphatic rings. The number of hydrogen-bond acceptors (Lipinski definition) is 3. The third-order valence-electron chi connectivity index (χ3n) is 4.35. The van der Waals surface area contributed by atoms with E-state index in [2.05, 4.69) is 38.8 Å². The molecule has 0 spiro atoms. The summed E-state index contributed by atoms with van der Waals surface area (Å²) in [5, 5.41) is 0. The van der Waals surface area contributed by atoms with Crippen LogP contribution in [0, 0.1) is 5.92 Å². The summed E-state index contributed by atoms with van der Waals surface area (Å²) in [5.41, 5.74) is 7.28. The van der Waals surface area contributed by atoms with Crippen molar-refractivity contribution in [3.63, 3.8) is 0 Å². The van der Waals surface area contributed by atoms with Crippen molar-refractivity contribution in [2.45, 2.75) is 45.1 Å². The highest BCUT2D eigenvalue weighted by atomic mass is 79.9. The minimum atomic E-state index is 0.306. The molecule has 0 aromatic carbocycles. The number of hydrogen-bond donors (Lipinski definition) is 1. The molecule has 1 saturated heterocycles.